The molecule has 0 radical (unpaired) electrons. The first kappa shape index (κ1) is 34.5. The van der Waals surface area contributed by atoms with Crippen LogP contribution in [-0.2, 0) is 22.6 Å². The summed E-state index contributed by atoms with van der Waals surface area (Å²) in [5, 5.41) is 17.4. The zero-order chi connectivity index (χ0) is 34.9. The van der Waals surface area contributed by atoms with Gasteiger partial charge in [-0.2, -0.15) is 4.39 Å². The Kier molecular flexibility index (Phi) is 10.2. The monoisotopic (exact) mass is 708 g/mol. The zero-order valence-electron chi connectivity index (χ0n) is 27.5. The van der Waals surface area contributed by atoms with E-state index in [1.165, 1.54) is 0 Å². The molecule has 3 aromatic carbocycles. The SMILES string of the molecule is O=C(C1C[C@@H](O)CN1)N1C[C@@H]2CC(c3ccc(CCCOc4c(F)ccc(F)c4F)cc3)=C(C(=O)N(Cc3ccccc3Cl)C3CC3)[C@@H](C1)N2. The van der Waals surface area contributed by atoms with Crippen LogP contribution in [0, 0.1) is 17.5 Å². The van der Waals surface area contributed by atoms with Crippen molar-refractivity contribution in [3.63, 3.8) is 0 Å². The van der Waals surface area contributed by atoms with Crippen molar-refractivity contribution in [2.24, 2.45) is 0 Å². The van der Waals surface area contributed by atoms with Gasteiger partial charge in [0.15, 0.2) is 17.4 Å². The summed E-state index contributed by atoms with van der Waals surface area (Å²) in [4.78, 5) is 32.0. The highest BCUT2D eigenvalue weighted by atomic mass is 35.5. The van der Waals surface area contributed by atoms with Crippen molar-refractivity contribution in [1.29, 1.82) is 0 Å². The lowest BCUT2D eigenvalue weighted by atomic mass is 9.82. The average Bonchev–Trinajstić information content (AvgIpc) is 3.87. The molecule has 0 aromatic heterocycles. The number of piperazine rings is 1. The van der Waals surface area contributed by atoms with Gasteiger partial charge in [0.25, 0.3) is 5.91 Å². The summed E-state index contributed by atoms with van der Waals surface area (Å²) in [5.41, 5.74) is 4.37. The predicted octanol–water partition coefficient (Wildman–Crippen LogP) is 5.01. The molecule has 3 aliphatic heterocycles. The predicted molar refractivity (Wildman–Crippen MR) is 183 cm³/mol. The normalized spacial score (nSPS) is 23.3. The summed E-state index contributed by atoms with van der Waals surface area (Å²) in [7, 11) is 0. The van der Waals surface area contributed by atoms with Crippen LogP contribution in [0.15, 0.2) is 66.2 Å². The number of ether oxygens (including phenoxy) is 1. The lowest BCUT2D eigenvalue weighted by molar-refractivity contribution is -0.136. The minimum Gasteiger partial charge on any atom is -0.488 e. The quantitative estimate of drug-likeness (QED) is 0.192. The maximum atomic E-state index is 14.7. The van der Waals surface area contributed by atoms with Crippen LogP contribution in [0.4, 0.5) is 13.2 Å². The molecule has 3 aromatic rings. The fourth-order valence-corrected chi connectivity index (χ4v) is 7.55. The van der Waals surface area contributed by atoms with Crippen LogP contribution in [-0.4, -0.2) is 83.2 Å². The van der Waals surface area contributed by atoms with Crippen molar-refractivity contribution in [3.8, 4) is 5.75 Å². The number of aryl methyl sites for hydroxylation is 1. The number of nitrogens with zero attached hydrogens (tertiary/aromatic N) is 2. The maximum Gasteiger partial charge on any atom is 0.252 e. The van der Waals surface area contributed by atoms with Crippen LogP contribution >= 0.6 is 11.6 Å². The van der Waals surface area contributed by atoms with E-state index in [1.54, 1.807) is 0 Å². The first-order chi connectivity index (χ1) is 24.2. The molecular formula is C38H40ClF3N4O4. The van der Waals surface area contributed by atoms with E-state index < -0.39 is 35.3 Å². The number of carbonyl (C=O) groups is 2. The van der Waals surface area contributed by atoms with Gasteiger partial charge in [0.1, 0.15) is 0 Å². The second-order valence-corrected chi connectivity index (χ2v) is 14.1. The van der Waals surface area contributed by atoms with Crippen LogP contribution in [0.5, 0.6) is 5.75 Å². The van der Waals surface area contributed by atoms with Crippen LogP contribution in [0.2, 0.25) is 5.02 Å². The summed E-state index contributed by atoms with van der Waals surface area (Å²) in [5.74, 6) is -4.30. The molecule has 3 N–H and O–H groups in total. The number of benzene rings is 3. The first-order valence-corrected chi connectivity index (χ1v) is 17.6. The smallest absolute Gasteiger partial charge is 0.252 e. The van der Waals surface area contributed by atoms with Crippen LogP contribution in [0.25, 0.3) is 5.57 Å². The Morgan fingerprint density at radius 2 is 1.76 bits per heavy atom. The van der Waals surface area contributed by atoms with E-state index in [1.807, 2.05) is 58.3 Å². The third-order valence-corrected chi connectivity index (χ3v) is 10.4. The lowest BCUT2D eigenvalue weighted by Crippen LogP contribution is -2.63. The number of β-amino-alcohol motifs (C(OH)–C–C–N with tert-alkyl or cyclic N) is 1. The van der Waals surface area contributed by atoms with Gasteiger partial charge in [-0.05, 0) is 79.0 Å². The summed E-state index contributed by atoms with van der Waals surface area (Å²) in [6, 6.07) is 16.3. The molecule has 2 saturated heterocycles. The molecule has 1 unspecified atom stereocenters. The number of amides is 2. The van der Waals surface area contributed by atoms with Gasteiger partial charge in [-0.3, -0.25) is 9.59 Å². The third-order valence-electron chi connectivity index (χ3n) is 10.1. The van der Waals surface area contributed by atoms with Crippen LogP contribution in [0.1, 0.15) is 48.8 Å². The Morgan fingerprint density at radius 3 is 2.48 bits per heavy atom. The molecule has 50 heavy (non-hydrogen) atoms. The van der Waals surface area contributed by atoms with Gasteiger partial charge in [0.05, 0.1) is 24.8 Å². The summed E-state index contributed by atoms with van der Waals surface area (Å²) >= 11 is 6.54. The molecule has 2 amide bonds. The minimum absolute atomic E-state index is 0.00483. The van der Waals surface area contributed by atoms with E-state index in [-0.39, 0.29) is 36.5 Å². The second-order valence-electron chi connectivity index (χ2n) is 13.7. The van der Waals surface area contributed by atoms with Crippen molar-refractivity contribution in [2.75, 3.05) is 26.2 Å². The molecular weight excluding hydrogens is 669 g/mol. The molecule has 4 aliphatic rings. The lowest BCUT2D eigenvalue weighted by Gasteiger charge is -2.45. The van der Waals surface area contributed by atoms with Gasteiger partial charge >= 0.3 is 0 Å². The van der Waals surface area contributed by atoms with Gasteiger partial charge < -0.3 is 30.3 Å². The van der Waals surface area contributed by atoms with Gasteiger partial charge in [0.2, 0.25) is 11.7 Å². The molecule has 3 fully saturated rings. The number of hydrogen-bond acceptors (Lipinski definition) is 6. The number of aliphatic hydroxyl groups is 1. The Bertz CT molecular complexity index is 1790. The van der Waals surface area contributed by atoms with Gasteiger partial charge in [-0.1, -0.05) is 54.1 Å². The highest BCUT2D eigenvalue weighted by molar-refractivity contribution is 6.31. The number of carbonyl (C=O) groups excluding carboxylic acids is 2. The summed E-state index contributed by atoms with van der Waals surface area (Å²) in [6.45, 7) is 1.60. The number of rotatable bonds is 11. The van der Waals surface area contributed by atoms with E-state index >= 15 is 0 Å². The van der Waals surface area contributed by atoms with Gasteiger partial charge in [-0.25, -0.2) is 8.78 Å². The molecule has 7 rings (SSSR count). The molecule has 8 nitrogen and oxygen atoms in total. The number of hydrogen-bond donors (Lipinski definition) is 3. The van der Waals surface area contributed by atoms with Gasteiger partial charge in [-0.15, -0.1) is 0 Å². The molecule has 0 spiro atoms. The largest absolute Gasteiger partial charge is 0.488 e. The second kappa shape index (κ2) is 14.8. The summed E-state index contributed by atoms with van der Waals surface area (Å²) in [6.07, 6.45) is 3.20. The number of aliphatic hydroxyl groups excluding tert-OH is 1. The Labute approximate surface area is 294 Å². The molecule has 264 valence electrons. The van der Waals surface area contributed by atoms with Crippen LogP contribution < -0.4 is 15.4 Å². The van der Waals surface area contributed by atoms with E-state index in [4.69, 9.17) is 16.3 Å². The molecule has 4 atom stereocenters. The standard InChI is InChI=1S/C38H40ClF3N4O4/c39-29-6-2-1-5-24(29)19-46(26-11-12-26)38(49)34-28(16-25-20-45(21-33(34)44-25)37(48)32-17-27(47)18-43-32)23-9-7-22(8-10-23)4-3-15-50-36-31(41)14-13-30(40)35(36)42/h1-2,5-10,13-14,25-27,32-33,43-44,47H,3-4,11-12,15-21H2/t25-,27+,32?,33+/m0/s1. The third kappa shape index (κ3) is 7.42. The van der Waals surface area contributed by atoms with Gasteiger partial charge in [0, 0.05) is 48.9 Å². The highest BCUT2D eigenvalue weighted by Crippen LogP contribution is 2.38. The van der Waals surface area contributed by atoms with E-state index in [0.717, 1.165) is 47.2 Å². The topological polar surface area (TPSA) is 94.1 Å². The van der Waals surface area contributed by atoms with Crippen molar-refractivity contribution in [3.05, 3.63) is 105 Å². The molecule has 2 bridgehead atoms. The maximum absolute atomic E-state index is 14.7. The summed E-state index contributed by atoms with van der Waals surface area (Å²) < 4.78 is 46.7. The fraction of sp³-hybridized carbons (Fsp3) is 0.421. The number of fused-ring (bicyclic) bond motifs is 2. The molecule has 3 heterocycles. The number of nitrogens with one attached hydrogen (secondary N) is 2. The molecule has 1 saturated carbocycles. The Balaban J connectivity index is 1.13. The molecule has 1 aliphatic carbocycles. The van der Waals surface area contributed by atoms with Crippen molar-refractivity contribution in [1.82, 2.24) is 20.4 Å². The van der Waals surface area contributed by atoms with E-state index in [0.29, 0.717) is 62.5 Å². The average molecular weight is 709 g/mol. The van der Waals surface area contributed by atoms with E-state index in [2.05, 4.69) is 10.6 Å². The van der Waals surface area contributed by atoms with Crippen LogP contribution in [0.3, 0.4) is 0 Å². The van der Waals surface area contributed by atoms with Crippen molar-refractivity contribution >= 4 is 29.0 Å². The van der Waals surface area contributed by atoms with Crippen molar-refractivity contribution < 1.29 is 32.6 Å². The van der Waals surface area contributed by atoms with E-state index in [9.17, 15) is 27.9 Å². The van der Waals surface area contributed by atoms with Crippen molar-refractivity contribution in [2.45, 2.75) is 75.3 Å². The fourth-order valence-electron chi connectivity index (χ4n) is 7.35. The zero-order valence-corrected chi connectivity index (χ0v) is 28.3. The highest BCUT2D eigenvalue weighted by Gasteiger charge is 2.44. The minimum atomic E-state index is -1.34. The Hall–Kier alpha value is -3.90. The number of halogens is 4. The Morgan fingerprint density at radius 1 is 1.00 bits per heavy atom. The first-order valence-electron chi connectivity index (χ1n) is 17.3. The molecule has 12 heteroatoms.